The van der Waals surface area contributed by atoms with Gasteiger partial charge in [-0.1, -0.05) is 41.4 Å². The van der Waals surface area contributed by atoms with E-state index in [-0.39, 0.29) is 30.9 Å². The summed E-state index contributed by atoms with van der Waals surface area (Å²) in [7, 11) is 1.63. The van der Waals surface area contributed by atoms with Crippen molar-refractivity contribution >= 4 is 41.5 Å². The average molecular weight is 538 g/mol. The van der Waals surface area contributed by atoms with Gasteiger partial charge in [-0.15, -0.1) is 12.4 Å². The van der Waals surface area contributed by atoms with Gasteiger partial charge in [0.1, 0.15) is 5.75 Å². The molecule has 1 saturated heterocycles. The Bertz CT molecular complexity index is 1110. The lowest BCUT2D eigenvalue weighted by Crippen LogP contribution is -2.34. The van der Waals surface area contributed by atoms with Crippen LogP contribution in [0.5, 0.6) is 11.8 Å². The van der Waals surface area contributed by atoms with Crippen molar-refractivity contribution < 1.29 is 14.3 Å². The van der Waals surface area contributed by atoms with Crippen LogP contribution in [-0.2, 0) is 11.3 Å². The minimum Gasteiger partial charge on any atom is -0.497 e. The van der Waals surface area contributed by atoms with Gasteiger partial charge in [-0.2, -0.15) is 0 Å². The van der Waals surface area contributed by atoms with Gasteiger partial charge >= 0.3 is 6.01 Å². The first-order valence-electron chi connectivity index (χ1n) is 11.0. The van der Waals surface area contributed by atoms with E-state index >= 15 is 0 Å². The lowest BCUT2D eigenvalue weighted by atomic mass is 10.1. The number of ether oxygens (including phenoxy) is 2. The summed E-state index contributed by atoms with van der Waals surface area (Å²) in [5.74, 6) is 0.991. The molecule has 0 radical (unpaired) electrons. The first-order valence-corrected chi connectivity index (χ1v) is 11.8. The number of halogens is 3. The Kier molecular flexibility index (Phi) is 9.98. The van der Waals surface area contributed by atoms with Gasteiger partial charge < -0.3 is 14.8 Å². The molecule has 2 aromatic carbocycles. The highest BCUT2D eigenvalue weighted by molar-refractivity contribution is 6.42. The van der Waals surface area contributed by atoms with E-state index in [2.05, 4.69) is 20.2 Å². The van der Waals surface area contributed by atoms with Crippen LogP contribution >= 0.6 is 35.6 Å². The molecule has 1 aliphatic heterocycles. The first-order chi connectivity index (χ1) is 16.5. The molecule has 7 nitrogen and oxygen atoms in total. The van der Waals surface area contributed by atoms with E-state index in [0.717, 1.165) is 48.5 Å². The Morgan fingerprint density at radius 1 is 1.09 bits per heavy atom. The fourth-order valence-electron chi connectivity index (χ4n) is 3.88. The van der Waals surface area contributed by atoms with Crippen LogP contribution in [0, 0.1) is 5.92 Å². The summed E-state index contributed by atoms with van der Waals surface area (Å²) in [6.45, 7) is 3.19. The van der Waals surface area contributed by atoms with Gasteiger partial charge in [0, 0.05) is 37.6 Å². The molecular formula is C25H27Cl3N4O3. The summed E-state index contributed by atoms with van der Waals surface area (Å²) in [6.07, 6.45) is 4.37. The molecule has 2 heterocycles. The number of rotatable bonds is 9. The zero-order valence-corrected chi connectivity index (χ0v) is 21.6. The molecule has 0 saturated carbocycles. The summed E-state index contributed by atoms with van der Waals surface area (Å²) in [6, 6.07) is 13.5. The molecule has 1 fully saturated rings. The predicted octanol–water partition coefficient (Wildman–Crippen LogP) is 4.90. The van der Waals surface area contributed by atoms with Crippen LogP contribution < -0.4 is 14.8 Å². The quantitative estimate of drug-likeness (QED) is 0.418. The van der Waals surface area contributed by atoms with Crippen LogP contribution in [0.15, 0.2) is 54.9 Å². The molecule has 1 atom stereocenters. The fraction of sp³-hybridized carbons (Fsp3) is 0.320. The number of carbonyl (C=O) groups excluding carboxylic acids is 1. The summed E-state index contributed by atoms with van der Waals surface area (Å²) < 4.78 is 10.6. The zero-order chi connectivity index (χ0) is 23.9. The SMILES string of the molecule is COc1ccc(-c2cnc(OCC(=O)NCC3CCN(Cc4ccc(Cl)c(Cl)c4)C3)nc2)cc1.Cl. The average Bonchev–Trinajstić information content (AvgIpc) is 3.31. The molecule has 1 aliphatic rings. The molecule has 1 aromatic heterocycles. The molecule has 1 unspecified atom stereocenters. The smallest absolute Gasteiger partial charge is 0.316 e. The number of benzene rings is 2. The highest BCUT2D eigenvalue weighted by Crippen LogP contribution is 2.25. The topological polar surface area (TPSA) is 76.6 Å². The molecule has 0 spiro atoms. The van der Waals surface area contributed by atoms with Crippen LogP contribution in [0.1, 0.15) is 12.0 Å². The summed E-state index contributed by atoms with van der Waals surface area (Å²) in [5.41, 5.74) is 2.95. The van der Waals surface area contributed by atoms with Crippen LogP contribution in [-0.4, -0.2) is 54.1 Å². The van der Waals surface area contributed by atoms with E-state index in [4.69, 9.17) is 32.7 Å². The van der Waals surface area contributed by atoms with Crippen LogP contribution in [0.3, 0.4) is 0 Å². The van der Waals surface area contributed by atoms with E-state index in [1.54, 1.807) is 19.5 Å². The zero-order valence-electron chi connectivity index (χ0n) is 19.2. The number of nitrogens with zero attached hydrogens (tertiary/aromatic N) is 3. The standard InChI is InChI=1S/C25H26Cl2N4O3.ClH/c1-33-21-5-3-19(4-6-21)20-12-29-25(30-13-20)34-16-24(32)28-11-18-8-9-31(15-18)14-17-2-7-22(26)23(27)10-17;/h2-7,10,12-13,18H,8-9,11,14-16H2,1H3,(H,28,32);1H. The number of nitrogens with one attached hydrogen (secondary N) is 1. The van der Waals surface area contributed by atoms with Crippen molar-refractivity contribution in [3.63, 3.8) is 0 Å². The van der Waals surface area contributed by atoms with Gasteiger partial charge in [-0.25, -0.2) is 9.97 Å². The molecular weight excluding hydrogens is 511 g/mol. The fourth-order valence-corrected chi connectivity index (χ4v) is 4.20. The molecule has 186 valence electrons. The van der Waals surface area contributed by atoms with Crippen molar-refractivity contribution in [2.24, 2.45) is 5.92 Å². The third-order valence-electron chi connectivity index (χ3n) is 5.73. The molecule has 10 heteroatoms. The number of hydrogen-bond donors (Lipinski definition) is 1. The highest BCUT2D eigenvalue weighted by atomic mass is 35.5. The lowest BCUT2D eigenvalue weighted by Gasteiger charge is -2.17. The summed E-state index contributed by atoms with van der Waals surface area (Å²) >= 11 is 12.1. The third-order valence-corrected chi connectivity index (χ3v) is 6.47. The largest absolute Gasteiger partial charge is 0.497 e. The Hall–Kier alpha value is -2.58. The second kappa shape index (κ2) is 12.9. The Morgan fingerprint density at radius 2 is 1.83 bits per heavy atom. The maximum Gasteiger partial charge on any atom is 0.316 e. The van der Waals surface area contributed by atoms with Crippen molar-refractivity contribution in [3.8, 4) is 22.9 Å². The lowest BCUT2D eigenvalue weighted by molar-refractivity contribution is -0.123. The van der Waals surface area contributed by atoms with Gasteiger partial charge in [-0.3, -0.25) is 9.69 Å². The van der Waals surface area contributed by atoms with E-state index < -0.39 is 0 Å². The van der Waals surface area contributed by atoms with Gasteiger partial charge in [0.05, 0.1) is 17.2 Å². The Balaban J connectivity index is 0.00000342. The number of likely N-dealkylation sites (tertiary alicyclic amines) is 1. The van der Waals surface area contributed by atoms with Crippen molar-refractivity contribution in [1.82, 2.24) is 20.2 Å². The van der Waals surface area contributed by atoms with Gasteiger partial charge in [0.15, 0.2) is 6.61 Å². The second-order valence-corrected chi connectivity index (χ2v) is 9.03. The molecule has 0 aliphatic carbocycles. The summed E-state index contributed by atoms with van der Waals surface area (Å²) in [5, 5.41) is 4.08. The molecule has 3 aromatic rings. The second-order valence-electron chi connectivity index (χ2n) is 8.21. The van der Waals surface area contributed by atoms with Crippen molar-refractivity contribution in [2.75, 3.05) is 33.4 Å². The Labute approximate surface area is 221 Å². The molecule has 1 N–H and O–H groups in total. The summed E-state index contributed by atoms with van der Waals surface area (Å²) in [4.78, 5) is 23.0. The van der Waals surface area contributed by atoms with Gasteiger partial charge in [0.25, 0.3) is 5.91 Å². The number of aromatic nitrogens is 2. The molecule has 0 bridgehead atoms. The number of hydrogen-bond acceptors (Lipinski definition) is 6. The molecule has 35 heavy (non-hydrogen) atoms. The number of amides is 1. The Morgan fingerprint density at radius 3 is 2.51 bits per heavy atom. The van der Waals surface area contributed by atoms with Crippen LogP contribution in [0.2, 0.25) is 10.0 Å². The third kappa shape index (κ3) is 7.70. The minimum atomic E-state index is -0.189. The molecule has 1 amide bonds. The van der Waals surface area contributed by atoms with E-state index in [1.807, 2.05) is 42.5 Å². The highest BCUT2D eigenvalue weighted by Gasteiger charge is 2.23. The maximum absolute atomic E-state index is 12.2. The van der Waals surface area contributed by atoms with Crippen molar-refractivity contribution in [2.45, 2.75) is 13.0 Å². The monoisotopic (exact) mass is 536 g/mol. The van der Waals surface area contributed by atoms with Crippen molar-refractivity contribution in [3.05, 3.63) is 70.5 Å². The first kappa shape index (κ1) is 27.0. The van der Waals surface area contributed by atoms with Gasteiger partial charge in [0.2, 0.25) is 0 Å². The van der Waals surface area contributed by atoms with Crippen LogP contribution in [0.25, 0.3) is 11.1 Å². The van der Waals surface area contributed by atoms with Gasteiger partial charge in [-0.05, 0) is 54.3 Å². The van der Waals surface area contributed by atoms with E-state index in [9.17, 15) is 4.79 Å². The maximum atomic E-state index is 12.2. The molecule has 4 rings (SSSR count). The van der Waals surface area contributed by atoms with E-state index in [1.165, 1.54) is 0 Å². The number of carbonyl (C=O) groups is 1. The predicted molar refractivity (Wildman–Crippen MR) is 140 cm³/mol. The van der Waals surface area contributed by atoms with Crippen molar-refractivity contribution in [1.29, 1.82) is 0 Å². The van der Waals surface area contributed by atoms with Crippen LogP contribution in [0.4, 0.5) is 0 Å². The van der Waals surface area contributed by atoms with E-state index in [0.29, 0.717) is 22.5 Å². The normalized spacial score (nSPS) is 15.3. The number of methoxy groups -OCH3 is 1. The minimum absolute atomic E-state index is 0.